The van der Waals surface area contributed by atoms with Crippen molar-refractivity contribution in [1.29, 1.82) is 0 Å². The minimum absolute atomic E-state index is 0.335. The third-order valence-electron chi connectivity index (χ3n) is 3.13. The maximum Gasteiger partial charge on any atom is 0.310 e. The van der Waals surface area contributed by atoms with Crippen LogP contribution in [0.4, 0.5) is 24.5 Å². The van der Waals surface area contributed by atoms with Crippen LogP contribution in [-0.4, -0.2) is 43.0 Å². The monoisotopic (exact) mass is 275 g/mol. The number of hydrogen-bond acceptors (Lipinski definition) is 4. The molecule has 8 heteroatoms. The van der Waals surface area contributed by atoms with E-state index < -0.39 is 33.7 Å². The number of nitrogens with zero attached hydrogens (tertiary/aromatic N) is 3. The molecule has 0 aliphatic carbocycles. The first kappa shape index (κ1) is 13.6. The first-order valence-electron chi connectivity index (χ1n) is 5.67. The topological polar surface area (TPSA) is 49.6 Å². The molecule has 0 bridgehead atoms. The maximum absolute atomic E-state index is 13.8. The first-order chi connectivity index (χ1) is 8.91. The van der Waals surface area contributed by atoms with Crippen LogP contribution in [0.15, 0.2) is 6.07 Å². The zero-order chi connectivity index (χ0) is 14.2. The van der Waals surface area contributed by atoms with E-state index in [1.54, 1.807) is 0 Å². The van der Waals surface area contributed by atoms with Gasteiger partial charge in [0.15, 0.2) is 11.6 Å². The van der Waals surface area contributed by atoms with E-state index in [0.29, 0.717) is 32.2 Å². The van der Waals surface area contributed by atoms with Gasteiger partial charge in [-0.15, -0.1) is 0 Å². The van der Waals surface area contributed by atoms with E-state index >= 15 is 0 Å². The molecule has 5 nitrogen and oxygen atoms in total. The fraction of sp³-hybridized carbons (Fsp3) is 0.455. The highest BCUT2D eigenvalue weighted by Gasteiger charge is 2.29. The molecule has 1 aromatic carbocycles. The number of rotatable bonds is 2. The lowest BCUT2D eigenvalue weighted by molar-refractivity contribution is -0.388. The molecule has 0 atom stereocenters. The lowest BCUT2D eigenvalue weighted by atomic mass is 10.2. The molecule has 0 spiro atoms. The van der Waals surface area contributed by atoms with Gasteiger partial charge in [-0.3, -0.25) is 10.1 Å². The van der Waals surface area contributed by atoms with Gasteiger partial charge in [0.25, 0.3) is 0 Å². The van der Waals surface area contributed by atoms with E-state index in [4.69, 9.17) is 0 Å². The number of nitro groups is 1. The van der Waals surface area contributed by atoms with Gasteiger partial charge in [-0.1, -0.05) is 0 Å². The van der Waals surface area contributed by atoms with Crippen LogP contribution in [0.3, 0.4) is 0 Å². The molecule has 1 fully saturated rings. The number of hydrogen-bond donors (Lipinski definition) is 0. The van der Waals surface area contributed by atoms with Gasteiger partial charge in [-0.25, -0.2) is 8.78 Å². The normalized spacial score (nSPS) is 16.7. The van der Waals surface area contributed by atoms with Gasteiger partial charge in [0, 0.05) is 26.2 Å². The van der Waals surface area contributed by atoms with Crippen molar-refractivity contribution in [2.24, 2.45) is 0 Å². The summed E-state index contributed by atoms with van der Waals surface area (Å²) in [5.74, 6) is -4.24. The number of benzene rings is 1. The number of anilines is 1. The molecular formula is C11H12F3N3O2. The Morgan fingerprint density at radius 3 is 2.26 bits per heavy atom. The standard InChI is InChI=1S/C11H12F3N3O2/c1-15-2-4-16(5-3-15)11-7(12)6-8(17(18)19)9(13)10(11)14/h6H,2-5H2,1H3. The van der Waals surface area contributed by atoms with Gasteiger partial charge in [-0.2, -0.15) is 4.39 Å². The molecule has 0 aromatic heterocycles. The number of halogens is 3. The van der Waals surface area contributed by atoms with E-state index in [9.17, 15) is 23.3 Å². The quantitative estimate of drug-likeness (QED) is 0.469. The van der Waals surface area contributed by atoms with Crippen molar-refractivity contribution in [3.05, 3.63) is 33.6 Å². The predicted octanol–water partition coefficient (Wildman–Crippen LogP) is 1.76. The van der Waals surface area contributed by atoms with Gasteiger partial charge in [0.1, 0.15) is 5.69 Å². The minimum Gasteiger partial charge on any atom is -0.364 e. The van der Waals surface area contributed by atoms with Gasteiger partial charge in [0.2, 0.25) is 5.82 Å². The Morgan fingerprint density at radius 2 is 1.74 bits per heavy atom. The summed E-state index contributed by atoms with van der Waals surface area (Å²) in [5, 5.41) is 10.5. The van der Waals surface area contributed by atoms with Crippen LogP contribution in [0.5, 0.6) is 0 Å². The fourth-order valence-corrected chi connectivity index (χ4v) is 2.03. The molecule has 2 rings (SSSR count). The van der Waals surface area contributed by atoms with Gasteiger partial charge >= 0.3 is 5.69 Å². The Kier molecular flexibility index (Phi) is 3.61. The van der Waals surface area contributed by atoms with Crippen molar-refractivity contribution >= 4 is 11.4 Å². The Labute approximate surface area is 107 Å². The summed E-state index contributed by atoms with van der Waals surface area (Å²) in [5.41, 5.74) is -1.72. The molecule has 1 saturated heterocycles. The number of likely N-dealkylation sites (N-methyl/N-ethyl adjacent to an activating group) is 1. The van der Waals surface area contributed by atoms with E-state index in [1.165, 1.54) is 4.90 Å². The first-order valence-corrected chi connectivity index (χ1v) is 5.67. The van der Waals surface area contributed by atoms with Crippen LogP contribution in [-0.2, 0) is 0 Å². The second kappa shape index (κ2) is 5.04. The highest BCUT2D eigenvalue weighted by atomic mass is 19.2. The van der Waals surface area contributed by atoms with Crippen LogP contribution >= 0.6 is 0 Å². The molecule has 0 saturated carbocycles. The summed E-state index contributed by atoms with van der Waals surface area (Å²) >= 11 is 0. The Balaban J connectivity index is 2.41. The molecule has 0 N–H and O–H groups in total. The summed E-state index contributed by atoms with van der Waals surface area (Å²) in [6.45, 7) is 1.83. The average molecular weight is 275 g/mol. The van der Waals surface area contributed by atoms with Crippen molar-refractivity contribution in [2.75, 3.05) is 38.1 Å². The predicted molar refractivity (Wildman–Crippen MR) is 62.7 cm³/mol. The lowest BCUT2D eigenvalue weighted by Crippen LogP contribution is -2.45. The van der Waals surface area contributed by atoms with Crippen molar-refractivity contribution in [1.82, 2.24) is 4.90 Å². The van der Waals surface area contributed by atoms with E-state index in [2.05, 4.69) is 0 Å². The maximum atomic E-state index is 13.8. The second-order valence-electron chi connectivity index (χ2n) is 4.40. The van der Waals surface area contributed by atoms with Crippen molar-refractivity contribution in [3.63, 3.8) is 0 Å². The number of nitro benzene ring substituents is 1. The molecule has 0 unspecified atom stereocenters. The van der Waals surface area contributed by atoms with Gasteiger partial charge in [0.05, 0.1) is 11.0 Å². The van der Waals surface area contributed by atoms with Gasteiger partial charge in [-0.05, 0) is 7.05 Å². The van der Waals surface area contributed by atoms with E-state index in [0.717, 1.165) is 0 Å². The summed E-state index contributed by atoms with van der Waals surface area (Å²) in [7, 11) is 1.86. The summed E-state index contributed by atoms with van der Waals surface area (Å²) in [6.07, 6.45) is 0. The molecule has 104 valence electrons. The third-order valence-corrected chi connectivity index (χ3v) is 3.13. The van der Waals surface area contributed by atoms with Crippen molar-refractivity contribution < 1.29 is 18.1 Å². The van der Waals surface area contributed by atoms with Crippen molar-refractivity contribution in [3.8, 4) is 0 Å². The Morgan fingerprint density at radius 1 is 1.16 bits per heavy atom. The Bertz CT molecular complexity index is 516. The minimum atomic E-state index is -1.62. The van der Waals surface area contributed by atoms with Crippen LogP contribution < -0.4 is 4.90 Å². The summed E-state index contributed by atoms with van der Waals surface area (Å²) in [4.78, 5) is 12.7. The van der Waals surface area contributed by atoms with Crippen molar-refractivity contribution in [2.45, 2.75) is 0 Å². The SMILES string of the molecule is CN1CCN(c2c(F)cc([N+](=O)[O-])c(F)c2F)CC1. The van der Waals surface area contributed by atoms with Crippen LogP contribution in [0.1, 0.15) is 0 Å². The van der Waals surface area contributed by atoms with Crippen LogP contribution in [0.2, 0.25) is 0 Å². The largest absolute Gasteiger partial charge is 0.364 e. The molecule has 0 amide bonds. The average Bonchev–Trinajstić information content (AvgIpc) is 2.36. The molecule has 19 heavy (non-hydrogen) atoms. The zero-order valence-electron chi connectivity index (χ0n) is 10.2. The van der Waals surface area contributed by atoms with E-state index in [-0.39, 0.29) is 0 Å². The van der Waals surface area contributed by atoms with E-state index in [1.807, 2.05) is 11.9 Å². The van der Waals surface area contributed by atoms with Crippen LogP contribution in [0, 0.1) is 27.6 Å². The molecule has 1 aromatic rings. The number of piperazine rings is 1. The van der Waals surface area contributed by atoms with Gasteiger partial charge < -0.3 is 9.80 Å². The smallest absolute Gasteiger partial charge is 0.310 e. The summed E-state index contributed by atoms with van der Waals surface area (Å²) in [6, 6.07) is 0.423. The highest BCUT2D eigenvalue weighted by molar-refractivity contribution is 5.55. The highest BCUT2D eigenvalue weighted by Crippen LogP contribution is 2.32. The van der Waals surface area contributed by atoms with Crippen LogP contribution in [0.25, 0.3) is 0 Å². The lowest BCUT2D eigenvalue weighted by Gasteiger charge is -2.34. The second-order valence-corrected chi connectivity index (χ2v) is 4.40. The fourth-order valence-electron chi connectivity index (χ4n) is 2.03. The molecular weight excluding hydrogens is 263 g/mol. The zero-order valence-corrected chi connectivity index (χ0v) is 10.2. The molecule has 1 aliphatic rings. The Hall–Kier alpha value is -1.83. The molecule has 0 radical (unpaired) electrons. The third kappa shape index (κ3) is 2.48. The molecule has 1 aliphatic heterocycles. The summed E-state index contributed by atoms with van der Waals surface area (Å²) < 4.78 is 41.1. The molecule has 1 heterocycles.